The summed E-state index contributed by atoms with van der Waals surface area (Å²) in [6.07, 6.45) is 1.11. The van der Waals surface area contributed by atoms with Crippen molar-refractivity contribution in [3.8, 4) is 0 Å². The summed E-state index contributed by atoms with van der Waals surface area (Å²) in [4.78, 5) is 12.5. The Labute approximate surface area is 162 Å². The molecule has 1 atom stereocenters. The van der Waals surface area contributed by atoms with Crippen LogP contribution in [0.3, 0.4) is 0 Å². The van der Waals surface area contributed by atoms with Crippen molar-refractivity contribution < 1.29 is 13.2 Å². The van der Waals surface area contributed by atoms with E-state index in [2.05, 4.69) is 5.32 Å². The molecule has 0 aliphatic heterocycles. The molecule has 1 amide bonds. The van der Waals surface area contributed by atoms with Crippen LogP contribution in [0.15, 0.2) is 36.4 Å². The topological polar surface area (TPSA) is 66.5 Å². The standard InChI is InChI=1S/C21H28N2O3S/c1-14-7-9-19(11-16(14)3)18(5)22-21(24)13-23(27(6,25)26)20-10-8-15(2)17(4)12-20/h7-12,18H,13H2,1-6H3,(H,22,24). The molecule has 1 unspecified atom stereocenters. The number of aryl methyl sites for hydroxylation is 4. The minimum Gasteiger partial charge on any atom is -0.348 e. The Balaban J connectivity index is 2.18. The number of sulfonamides is 1. The van der Waals surface area contributed by atoms with Crippen molar-refractivity contribution in [1.82, 2.24) is 5.32 Å². The molecule has 0 bridgehead atoms. The third-order valence-electron chi connectivity index (χ3n) is 4.87. The number of benzene rings is 2. The quantitative estimate of drug-likeness (QED) is 0.823. The predicted octanol–water partition coefficient (Wildman–Crippen LogP) is 3.56. The minimum atomic E-state index is -3.58. The third kappa shape index (κ3) is 5.32. The zero-order valence-electron chi connectivity index (χ0n) is 16.8. The second kappa shape index (κ2) is 8.13. The monoisotopic (exact) mass is 388 g/mol. The van der Waals surface area contributed by atoms with E-state index in [1.165, 1.54) is 5.56 Å². The zero-order chi connectivity index (χ0) is 20.4. The van der Waals surface area contributed by atoms with E-state index in [1.54, 1.807) is 12.1 Å². The molecular formula is C21H28N2O3S. The van der Waals surface area contributed by atoms with Gasteiger partial charge in [-0.05, 0) is 74.6 Å². The highest BCUT2D eigenvalue weighted by Crippen LogP contribution is 2.22. The Morgan fingerprint density at radius 2 is 1.52 bits per heavy atom. The van der Waals surface area contributed by atoms with Gasteiger partial charge in [-0.25, -0.2) is 8.42 Å². The van der Waals surface area contributed by atoms with Crippen LogP contribution < -0.4 is 9.62 Å². The van der Waals surface area contributed by atoms with E-state index in [1.807, 2.05) is 58.9 Å². The van der Waals surface area contributed by atoms with Crippen LogP contribution in [0.25, 0.3) is 0 Å². The Hall–Kier alpha value is -2.34. The highest BCUT2D eigenvalue weighted by atomic mass is 32.2. The zero-order valence-corrected chi connectivity index (χ0v) is 17.6. The van der Waals surface area contributed by atoms with Crippen molar-refractivity contribution in [3.63, 3.8) is 0 Å². The van der Waals surface area contributed by atoms with Gasteiger partial charge in [-0.2, -0.15) is 0 Å². The van der Waals surface area contributed by atoms with Gasteiger partial charge in [0.2, 0.25) is 15.9 Å². The van der Waals surface area contributed by atoms with Crippen molar-refractivity contribution in [2.45, 2.75) is 40.7 Å². The van der Waals surface area contributed by atoms with Gasteiger partial charge in [0.1, 0.15) is 6.54 Å². The van der Waals surface area contributed by atoms with Crippen LogP contribution in [-0.4, -0.2) is 27.1 Å². The number of nitrogens with one attached hydrogen (secondary N) is 1. The average molecular weight is 389 g/mol. The van der Waals surface area contributed by atoms with Gasteiger partial charge in [0, 0.05) is 0 Å². The fourth-order valence-electron chi connectivity index (χ4n) is 2.82. The van der Waals surface area contributed by atoms with Gasteiger partial charge in [-0.1, -0.05) is 24.3 Å². The number of amides is 1. The van der Waals surface area contributed by atoms with E-state index >= 15 is 0 Å². The summed E-state index contributed by atoms with van der Waals surface area (Å²) in [5.74, 6) is -0.343. The molecule has 0 aliphatic carbocycles. The van der Waals surface area contributed by atoms with Crippen LogP contribution >= 0.6 is 0 Å². The van der Waals surface area contributed by atoms with Crippen molar-refractivity contribution in [3.05, 3.63) is 64.2 Å². The summed E-state index contributed by atoms with van der Waals surface area (Å²) in [6, 6.07) is 11.2. The van der Waals surface area contributed by atoms with Crippen LogP contribution in [0.4, 0.5) is 5.69 Å². The molecule has 0 radical (unpaired) electrons. The maximum atomic E-state index is 12.5. The summed E-state index contributed by atoms with van der Waals surface area (Å²) in [7, 11) is -3.58. The Bertz CT molecular complexity index is 952. The van der Waals surface area contributed by atoms with Crippen molar-refractivity contribution >= 4 is 21.6 Å². The van der Waals surface area contributed by atoms with Crippen LogP contribution in [0.5, 0.6) is 0 Å². The lowest BCUT2D eigenvalue weighted by Gasteiger charge is -2.24. The smallest absolute Gasteiger partial charge is 0.241 e. The predicted molar refractivity (Wildman–Crippen MR) is 111 cm³/mol. The molecule has 146 valence electrons. The fraction of sp³-hybridized carbons (Fsp3) is 0.381. The Kier molecular flexibility index (Phi) is 6.31. The number of carbonyl (C=O) groups excluding carboxylic acids is 1. The maximum Gasteiger partial charge on any atom is 0.241 e. The first-order valence-electron chi connectivity index (χ1n) is 8.90. The van der Waals surface area contributed by atoms with E-state index < -0.39 is 10.0 Å². The normalized spacial score (nSPS) is 12.5. The number of hydrogen-bond donors (Lipinski definition) is 1. The van der Waals surface area contributed by atoms with Gasteiger partial charge < -0.3 is 5.32 Å². The van der Waals surface area contributed by atoms with Gasteiger partial charge >= 0.3 is 0 Å². The molecule has 0 aliphatic rings. The summed E-state index contributed by atoms with van der Waals surface area (Å²) < 4.78 is 25.6. The van der Waals surface area contributed by atoms with E-state index in [0.29, 0.717) is 5.69 Å². The molecule has 1 N–H and O–H groups in total. The summed E-state index contributed by atoms with van der Waals surface area (Å²) >= 11 is 0. The number of nitrogens with zero attached hydrogens (tertiary/aromatic N) is 1. The van der Waals surface area contributed by atoms with Gasteiger partial charge in [0.25, 0.3) is 0 Å². The molecule has 6 heteroatoms. The lowest BCUT2D eigenvalue weighted by atomic mass is 10.0. The first kappa shape index (κ1) is 21.0. The molecule has 5 nitrogen and oxygen atoms in total. The SMILES string of the molecule is Cc1ccc(C(C)NC(=O)CN(c2ccc(C)c(C)c2)S(C)(=O)=O)cc1C. The van der Waals surface area contributed by atoms with Crippen molar-refractivity contribution in [1.29, 1.82) is 0 Å². The molecule has 0 aromatic heterocycles. The van der Waals surface area contributed by atoms with Gasteiger partial charge in [-0.3, -0.25) is 9.10 Å². The average Bonchev–Trinajstić information content (AvgIpc) is 2.56. The highest BCUT2D eigenvalue weighted by Gasteiger charge is 2.22. The molecule has 2 aromatic carbocycles. The molecule has 0 fully saturated rings. The lowest BCUT2D eigenvalue weighted by Crippen LogP contribution is -2.41. The van der Waals surface area contributed by atoms with Gasteiger partial charge in [-0.15, -0.1) is 0 Å². The fourth-order valence-corrected chi connectivity index (χ4v) is 3.66. The maximum absolute atomic E-state index is 12.5. The van der Waals surface area contributed by atoms with E-state index in [9.17, 15) is 13.2 Å². The van der Waals surface area contributed by atoms with Gasteiger partial charge in [0.05, 0.1) is 18.0 Å². The Morgan fingerprint density at radius 3 is 2.04 bits per heavy atom. The highest BCUT2D eigenvalue weighted by molar-refractivity contribution is 7.92. The number of anilines is 1. The van der Waals surface area contributed by atoms with E-state index in [4.69, 9.17) is 0 Å². The molecule has 27 heavy (non-hydrogen) atoms. The molecular weight excluding hydrogens is 360 g/mol. The van der Waals surface area contributed by atoms with Crippen LogP contribution in [0.2, 0.25) is 0 Å². The van der Waals surface area contributed by atoms with Crippen LogP contribution in [0.1, 0.15) is 40.8 Å². The van der Waals surface area contributed by atoms with Crippen LogP contribution in [-0.2, 0) is 14.8 Å². The Morgan fingerprint density at radius 1 is 0.963 bits per heavy atom. The van der Waals surface area contributed by atoms with Gasteiger partial charge in [0.15, 0.2) is 0 Å². The third-order valence-corrected chi connectivity index (χ3v) is 6.02. The molecule has 2 aromatic rings. The van der Waals surface area contributed by atoms with Crippen molar-refractivity contribution in [2.24, 2.45) is 0 Å². The largest absolute Gasteiger partial charge is 0.348 e. The molecule has 0 saturated heterocycles. The molecule has 2 rings (SSSR count). The lowest BCUT2D eigenvalue weighted by molar-refractivity contribution is -0.120. The molecule has 0 heterocycles. The second-order valence-corrected chi connectivity index (χ2v) is 9.08. The van der Waals surface area contributed by atoms with E-state index in [-0.39, 0.29) is 18.5 Å². The second-order valence-electron chi connectivity index (χ2n) is 7.17. The molecule has 0 saturated carbocycles. The van der Waals surface area contributed by atoms with Crippen molar-refractivity contribution in [2.75, 3.05) is 17.1 Å². The van der Waals surface area contributed by atoms with Crippen LogP contribution in [0, 0.1) is 27.7 Å². The van der Waals surface area contributed by atoms with E-state index in [0.717, 1.165) is 32.8 Å². The first-order chi connectivity index (χ1) is 12.5. The number of rotatable bonds is 6. The first-order valence-corrected chi connectivity index (χ1v) is 10.8. The summed E-state index contributed by atoms with van der Waals surface area (Å²) in [5.41, 5.74) is 5.87. The summed E-state index contributed by atoms with van der Waals surface area (Å²) in [6.45, 7) is 9.58. The number of carbonyl (C=O) groups is 1. The summed E-state index contributed by atoms with van der Waals surface area (Å²) in [5, 5.41) is 2.90. The minimum absolute atomic E-state index is 0.210. The number of hydrogen-bond acceptors (Lipinski definition) is 3. The molecule has 0 spiro atoms.